The first-order chi connectivity index (χ1) is 11.9. The summed E-state index contributed by atoms with van der Waals surface area (Å²) in [5.74, 6) is 1.47. The number of aromatic nitrogens is 4. The minimum atomic E-state index is 0. The molecule has 2 heterocycles. The van der Waals surface area contributed by atoms with Gasteiger partial charge in [0, 0.05) is 24.2 Å². The molecule has 4 N–H and O–H groups in total. The summed E-state index contributed by atoms with van der Waals surface area (Å²) in [7, 11) is 0. The summed E-state index contributed by atoms with van der Waals surface area (Å²) < 4.78 is 0. The fourth-order valence-electron chi connectivity index (χ4n) is 4.15. The molecule has 2 saturated carbocycles. The standard InChI is InChI=1S/2C10H16N2.H2O/c2*1-2-4-6-9(5-3-1)10-7-8-11-12-10;/h2*7-9H,1-6H2,(H,11,12);1H2. The summed E-state index contributed by atoms with van der Waals surface area (Å²) in [5.41, 5.74) is 2.55. The lowest BCUT2D eigenvalue weighted by Gasteiger charge is -2.09. The Bertz CT molecular complexity index is 472. The van der Waals surface area contributed by atoms with E-state index in [2.05, 4.69) is 32.5 Å². The van der Waals surface area contributed by atoms with Crippen molar-refractivity contribution in [1.29, 1.82) is 0 Å². The Morgan fingerprint density at radius 3 is 1.24 bits per heavy atom. The highest BCUT2D eigenvalue weighted by Crippen LogP contribution is 2.30. The van der Waals surface area contributed by atoms with E-state index in [0.717, 1.165) is 11.8 Å². The third kappa shape index (κ3) is 6.31. The maximum atomic E-state index is 4.26. The summed E-state index contributed by atoms with van der Waals surface area (Å²) in [6.45, 7) is 0. The summed E-state index contributed by atoms with van der Waals surface area (Å²) in [5, 5.41) is 14.3. The molecule has 0 saturated heterocycles. The molecule has 0 bridgehead atoms. The highest BCUT2D eigenvalue weighted by Gasteiger charge is 2.16. The number of hydrogen-bond acceptors (Lipinski definition) is 2. The summed E-state index contributed by atoms with van der Waals surface area (Å²) >= 11 is 0. The first-order valence-electron chi connectivity index (χ1n) is 9.93. The molecule has 0 atom stereocenters. The van der Waals surface area contributed by atoms with E-state index in [0.29, 0.717) is 0 Å². The van der Waals surface area contributed by atoms with E-state index in [1.807, 2.05) is 12.4 Å². The van der Waals surface area contributed by atoms with E-state index in [1.54, 1.807) is 0 Å². The van der Waals surface area contributed by atoms with E-state index >= 15 is 0 Å². The minimum Gasteiger partial charge on any atom is -0.412 e. The lowest BCUT2D eigenvalue weighted by Crippen LogP contribution is -1.97. The maximum Gasteiger partial charge on any atom is 0.0652 e. The van der Waals surface area contributed by atoms with Crippen LogP contribution in [0, 0.1) is 0 Å². The van der Waals surface area contributed by atoms with Gasteiger partial charge >= 0.3 is 0 Å². The third-order valence-electron chi connectivity index (χ3n) is 5.59. The smallest absolute Gasteiger partial charge is 0.0652 e. The number of aromatic amines is 2. The Balaban J connectivity index is 0.000000173. The van der Waals surface area contributed by atoms with Gasteiger partial charge in [0.1, 0.15) is 0 Å². The number of rotatable bonds is 2. The second kappa shape index (κ2) is 11.1. The highest BCUT2D eigenvalue weighted by molar-refractivity contribution is 5.06. The Labute approximate surface area is 151 Å². The Morgan fingerprint density at radius 2 is 0.960 bits per heavy atom. The maximum absolute atomic E-state index is 4.26. The van der Waals surface area contributed by atoms with Crippen molar-refractivity contribution in [3.05, 3.63) is 35.9 Å². The number of hydrogen-bond donors (Lipinski definition) is 2. The quantitative estimate of drug-likeness (QED) is 0.760. The Kier molecular flexibility index (Phi) is 8.73. The average molecular weight is 347 g/mol. The number of nitrogens with one attached hydrogen (secondary N) is 2. The predicted molar refractivity (Wildman–Crippen MR) is 102 cm³/mol. The summed E-state index contributed by atoms with van der Waals surface area (Å²) in [6.07, 6.45) is 20.4. The van der Waals surface area contributed by atoms with Crippen LogP contribution in [0.5, 0.6) is 0 Å². The zero-order chi connectivity index (χ0) is 16.5. The molecule has 2 fully saturated rings. The molecule has 4 rings (SSSR count). The van der Waals surface area contributed by atoms with Crippen molar-refractivity contribution in [2.75, 3.05) is 0 Å². The molecule has 0 aliphatic heterocycles. The largest absolute Gasteiger partial charge is 0.412 e. The molecule has 5 heteroatoms. The lowest BCUT2D eigenvalue weighted by molar-refractivity contribution is 0.576. The second-order valence-corrected chi connectivity index (χ2v) is 7.38. The molecule has 2 aromatic rings. The van der Waals surface area contributed by atoms with Crippen LogP contribution in [0.15, 0.2) is 24.5 Å². The van der Waals surface area contributed by atoms with Crippen LogP contribution in [-0.2, 0) is 0 Å². The van der Waals surface area contributed by atoms with Crippen molar-refractivity contribution >= 4 is 0 Å². The first-order valence-corrected chi connectivity index (χ1v) is 9.93. The molecule has 2 aromatic heterocycles. The van der Waals surface area contributed by atoms with Gasteiger partial charge < -0.3 is 5.48 Å². The fraction of sp³-hybridized carbons (Fsp3) is 0.700. The molecule has 0 radical (unpaired) electrons. The van der Waals surface area contributed by atoms with Gasteiger partial charge in [0.15, 0.2) is 0 Å². The molecule has 0 aromatic carbocycles. The predicted octanol–water partition coefficient (Wildman–Crippen LogP) is 4.87. The summed E-state index contributed by atoms with van der Waals surface area (Å²) in [4.78, 5) is 0. The van der Waals surface area contributed by atoms with Crippen molar-refractivity contribution in [1.82, 2.24) is 20.4 Å². The molecule has 2 aliphatic carbocycles. The molecule has 0 spiro atoms. The van der Waals surface area contributed by atoms with Crippen LogP contribution < -0.4 is 0 Å². The lowest BCUT2D eigenvalue weighted by atomic mass is 9.97. The molecular weight excluding hydrogens is 312 g/mol. The van der Waals surface area contributed by atoms with Crippen molar-refractivity contribution in [3.63, 3.8) is 0 Å². The number of nitrogens with zero attached hydrogens (tertiary/aromatic N) is 2. The van der Waals surface area contributed by atoms with Gasteiger partial charge in [0.25, 0.3) is 0 Å². The van der Waals surface area contributed by atoms with Crippen molar-refractivity contribution in [2.45, 2.75) is 88.9 Å². The van der Waals surface area contributed by atoms with Gasteiger partial charge in [-0.05, 0) is 37.8 Å². The SMILES string of the molecule is O.c1cc(C2CCCCCC2)n[nH]1.c1cc(C2CCCCCC2)n[nH]1. The molecular formula is C20H34N4O. The molecule has 5 nitrogen and oxygen atoms in total. The van der Waals surface area contributed by atoms with E-state index in [-0.39, 0.29) is 5.48 Å². The van der Waals surface area contributed by atoms with Crippen LogP contribution in [0.1, 0.15) is 100 Å². The zero-order valence-electron chi connectivity index (χ0n) is 15.3. The average Bonchev–Trinajstić information content (AvgIpc) is 3.20. The zero-order valence-corrected chi connectivity index (χ0v) is 15.3. The normalized spacial score (nSPS) is 19.8. The van der Waals surface area contributed by atoms with Gasteiger partial charge in [-0.3, -0.25) is 10.2 Å². The van der Waals surface area contributed by atoms with Gasteiger partial charge in [-0.15, -0.1) is 0 Å². The van der Waals surface area contributed by atoms with Crippen LogP contribution in [0.2, 0.25) is 0 Å². The van der Waals surface area contributed by atoms with E-state index in [4.69, 9.17) is 0 Å². The molecule has 140 valence electrons. The van der Waals surface area contributed by atoms with Crippen LogP contribution in [0.4, 0.5) is 0 Å². The van der Waals surface area contributed by atoms with E-state index < -0.39 is 0 Å². The van der Waals surface area contributed by atoms with Crippen molar-refractivity contribution in [2.24, 2.45) is 0 Å². The van der Waals surface area contributed by atoms with Crippen LogP contribution in [0.25, 0.3) is 0 Å². The van der Waals surface area contributed by atoms with Gasteiger partial charge in [0.05, 0.1) is 11.4 Å². The monoisotopic (exact) mass is 346 g/mol. The molecule has 25 heavy (non-hydrogen) atoms. The van der Waals surface area contributed by atoms with Crippen molar-refractivity contribution < 1.29 is 5.48 Å². The van der Waals surface area contributed by atoms with Crippen molar-refractivity contribution in [3.8, 4) is 0 Å². The van der Waals surface area contributed by atoms with E-state index in [1.165, 1.54) is 88.4 Å². The second-order valence-electron chi connectivity index (χ2n) is 7.38. The van der Waals surface area contributed by atoms with Crippen LogP contribution in [0.3, 0.4) is 0 Å². The Hall–Kier alpha value is -1.62. The fourth-order valence-corrected chi connectivity index (χ4v) is 4.15. The first kappa shape index (κ1) is 19.7. The van der Waals surface area contributed by atoms with Gasteiger partial charge in [0.2, 0.25) is 0 Å². The van der Waals surface area contributed by atoms with Crippen LogP contribution >= 0.6 is 0 Å². The van der Waals surface area contributed by atoms with E-state index in [9.17, 15) is 0 Å². The molecule has 0 amide bonds. The van der Waals surface area contributed by atoms with Crippen LogP contribution in [-0.4, -0.2) is 25.9 Å². The van der Waals surface area contributed by atoms with Gasteiger partial charge in [-0.1, -0.05) is 51.4 Å². The highest BCUT2D eigenvalue weighted by atomic mass is 16.0. The molecule has 0 unspecified atom stereocenters. The van der Waals surface area contributed by atoms with Gasteiger partial charge in [-0.25, -0.2) is 0 Å². The third-order valence-corrected chi connectivity index (χ3v) is 5.59. The topological polar surface area (TPSA) is 88.9 Å². The summed E-state index contributed by atoms with van der Waals surface area (Å²) in [6, 6.07) is 4.24. The Morgan fingerprint density at radius 1 is 0.600 bits per heavy atom. The van der Waals surface area contributed by atoms with Gasteiger partial charge in [-0.2, -0.15) is 10.2 Å². The molecule has 2 aliphatic rings. The number of H-pyrrole nitrogens is 2. The minimum absolute atomic E-state index is 0.